The lowest BCUT2D eigenvalue weighted by molar-refractivity contribution is -0.120. The van der Waals surface area contributed by atoms with Crippen molar-refractivity contribution in [1.29, 1.82) is 0 Å². The first-order valence-electron chi connectivity index (χ1n) is 7.96. The Hall–Kier alpha value is -3.22. The van der Waals surface area contributed by atoms with Crippen molar-refractivity contribution in [2.45, 2.75) is 13.3 Å². The number of benzene rings is 2. The summed E-state index contributed by atoms with van der Waals surface area (Å²) in [5, 5.41) is 0. The van der Waals surface area contributed by atoms with Gasteiger partial charge in [0, 0.05) is 0 Å². The van der Waals surface area contributed by atoms with Crippen molar-refractivity contribution in [1.82, 2.24) is 0 Å². The normalized spacial score (nSPS) is 10.1. The number of amides is 1. The van der Waals surface area contributed by atoms with Crippen molar-refractivity contribution in [2.75, 3.05) is 20.8 Å². The fourth-order valence-electron chi connectivity index (χ4n) is 2.24. The van der Waals surface area contributed by atoms with Crippen molar-refractivity contribution in [3.63, 3.8) is 0 Å². The lowest BCUT2D eigenvalue weighted by atomic mass is 10.1. The number of hydrogen-bond donors (Lipinski definition) is 1. The Morgan fingerprint density at radius 2 is 1.58 bits per heavy atom. The second-order valence-corrected chi connectivity index (χ2v) is 5.35. The predicted octanol–water partition coefficient (Wildman–Crippen LogP) is 2.35. The molecule has 0 saturated carbocycles. The summed E-state index contributed by atoms with van der Waals surface area (Å²) >= 11 is 0. The van der Waals surface area contributed by atoms with Gasteiger partial charge in [-0.3, -0.25) is 4.79 Å². The molecule has 0 unspecified atom stereocenters. The van der Waals surface area contributed by atoms with Gasteiger partial charge in [-0.25, -0.2) is 4.79 Å². The molecule has 0 aliphatic heterocycles. The fraction of sp³-hybridized carbons (Fsp3) is 0.263. The van der Waals surface area contributed by atoms with Crippen molar-refractivity contribution in [2.24, 2.45) is 5.73 Å². The minimum Gasteiger partial charge on any atom is -0.493 e. The topological polar surface area (TPSA) is 97.1 Å². The zero-order valence-electron chi connectivity index (χ0n) is 14.9. The summed E-state index contributed by atoms with van der Waals surface area (Å²) in [6, 6.07) is 10.1. The van der Waals surface area contributed by atoms with Crippen LogP contribution < -0.4 is 24.7 Å². The summed E-state index contributed by atoms with van der Waals surface area (Å²) in [7, 11) is 2.81. The molecule has 138 valence electrons. The first kappa shape index (κ1) is 19.1. The minimum absolute atomic E-state index is 0.178. The second kappa shape index (κ2) is 8.75. The standard InChI is InChI=1S/C19H21NO6/c1-4-12-5-7-14(8-6-12)26-19(22)13-9-15(23-2)18(16(10-13)24-3)25-11-17(20)21/h5-10H,4,11H2,1-3H3,(H2,20,21). The van der Waals surface area contributed by atoms with Crippen LogP contribution in [-0.4, -0.2) is 32.7 Å². The molecule has 7 heteroatoms. The average Bonchev–Trinajstić information content (AvgIpc) is 2.65. The quantitative estimate of drug-likeness (QED) is 0.574. The van der Waals surface area contributed by atoms with Gasteiger partial charge in [-0.15, -0.1) is 0 Å². The molecule has 2 N–H and O–H groups in total. The lowest BCUT2D eigenvalue weighted by Crippen LogP contribution is -2.20. The van der Waals surface area contributed by atoms with Crippen LogP contribution in [-0.2, 0) is 11.2 Å². The summed E-state index contributed by atoms with van der Waals surface area (Å²) in [5.74, 6) is -0.171. The van der Waals surface area contributed by atoms with E-state index in [9.17, 15) is 9.59 Å². The van der Waals surface area contributed by atoms with Crippen LogP contribution in [0.1, 0.15) is 22.8 Å². The first-order valence-corrected chi connectivity index (χ1v) is 7.96. The molecular formula is C19H21NO6. The van der Waals surface area contributed by atoms with Crippen LogP contribution in [0.15, 0.2) is 36.4 Å². The number of aryl methyl sites for hydroxylation is 1. The zero-order chi connectivity index (χ0) is 19.1. The Bertz CT molecular complexity index is 760. The molecule has 0 aliphatic rings. The molecule has 2 aromatic rings. The van der Waals surface area contributed by atoms with Gasteiger partial charge in [0.15, 0.2) is 18.1 Å². The van der Waals surface area contributed by atoms with Crippen LogP contribution in [0.25, 0.3) is 0 Å². The van der Waals surface area contributed by atoms with Gasteiger partial charge in [-0.1, -0.05) is 19.1 Å². The van der Waals surface area contributed by atoms with Crippen LogP contribution in [0.4, 0.5) is 0 Å². The van der Waals surface area contributed by atoms with Gasteiger partial charge in [0.25, 0.3) is 5.91 Å². The summed E-state index contributed by atoms with van der Waals surface area (Å²) in [4.78, 5) is 23.4. The molecule has 0 heterocycles. The number of rotatable bonds is 8. The van der Waals surface area contributed by atoms with E-state index in [1.807, 2.05) is 19.1 Å². The number of carbonyl (C=O) groups is 2. The van der Waals surface area contributed by atoms with Gasteiger partial charge < -0.3 is 24.7 Å². The summed E-state index contributed by atoms with van der Waals surface area (Å²) < 4.78 is 21.1. The highest BCUT2D eigenvalue weighted by atomic mass is 16.5. The van der Waals surface area contributed by atoms with Crippen LogP contribution >= 0.6 is 0 Å². The number of esters is 1. The molecule has 0 atom stereocenters. The average molecular weight is 359 g/mol. The van der Waals surface area contributed by atoms with Crippen LogP contribution in [0, 0.1) is 0 Å². The van der Waals surface area contributed by atoms with E-state index in [4.69, 9.17) is 24.7 Å². The Kier molecular flexibility index (Phi) is 6.43. The van der Waals surface area contributed by atoms with E-state index in [1.54, 1.807) is 12.1 Å². The molecular weight excluding hydrogens is 338 g/mol. The third kappa shape index (κ3) is 4.66. The lowest BCUT2D eigenvalue weighted by Gasteiger charge is -2.15. The third-order valence-corrected chi connectivity index (χ3v) is 3.60. The fourth-order valence-corrected chi connectivity index (χ4v) is 2.24. The summed E-state index contributed by atoms with van der Waals surface area (Å²) in [6.07, 6.45) is 0.898. The Morgan fingerprint density at radius 1 is 1.00 bits per heavy atom. The molecule has 7 nitrogen and oxygen atoms in total. The molecule has 26 heavy (non-hydrogen) atoms. The Morgan fingerprint density at radius 3 is 2.04 bits per heavy atom. The molecule has 0 spiro atoms. The minimum atomic E-state index is -0.645. The summed E-state index contributed by atoms with van der Waals surface area (Å²) in [5.41, 5.74) is 6.44. The maximum Gasteiger partial charge on any atom is 0.343 e. The number of ether oxygens (including phenoxy) is 4. The molecule has 0 saturated heterocycles. The third-order valence-electron chi connectivity index (χ3n) is 3.60. The molecule has 2 aromatic carbocycles. The summed E-state index contributed by atoms with van der Waals surface area (Å²) in [6.45, 7) is 1.70. The molecule has 0 bridgehead atoms. The highest BCUT2D eigenvalue weighted by molar-refractivity contribution is 5.92. The highest BCUT2D eigenvalue weighted by Gasteiger charge is 2.19. The number of primary amides is 1. The van der Waals surface area contributed by atoms with Gasteiger partial charge in [-0.05, 0) is 36.2 Å². The van der Waals surface area contributed by atoms with Crippen molar-refractivity contribution in [3.8, 4) is 23.0 Å². The Balaban J connectivity index is 2.27. The van der Waals surface area contributed by atoms with E-state index in [-0.39, 0.29) is 29.4 Å². The zero-order valence-corrected chi connectivity index (χ0v) is 14.9. The number of hydrogen-bond acceptors (Lipinski definition) is 6. The number of methoxy groups -OCH3 is 2. The van der Waals surface area contributed by atoms with E-state index >= 15 is 0 Å². The van der Waals surface area contributed by atoms with Crippen molar-refractivity contribution < 1.29 is 28.5 Å². The van der Waals surface area contributed by atoms with Crippen molar-refractivity contribution >= 4 is 11.9 Å². The van der Waals surface area contributed by atoms with E-state index < -0.39 is 11.9 Å². The van der Waals surface area contributed by atoms with E-state index in [2.05, 4.69) is 0 Å². The van der Waals surface area contributed by atoms with Crippen LogP contribution in [0.2, 0.25) is 0 Å². The second-order valence-electron chi connectivity index (χ2n) is 5.35. The number of nitrogens with two attached hydrogens (primary N) is 1. The van der Waals surface area contributed by atoms with Crippen LogP contribution in [0.5, 0.6) is 23.0 Å². The maximum absolute atomic E-state index is 12.4. The monoisotopic (exact) mass is 359 g/mol. The number of carbonyl (C=O) groups excluding carboxylic acids is 2. The SMILES string of the molecule is CCc1ccc(OC(=O)c2cc(OC)c(OCC(N)=O)c(OC)c2)cc1. The van der Waals surface area contributed by atoms with Gasteiger partial charge in [0.2, 0.25) is 5.75 Å². The predicted molar refractivity (Wildman–Crippen MR) is 95.0 cm³/mol. The molecule has 1 amide bonds. The largest absolute Gasteiger partial charge is 0.493 e. The van der Waals surface area contributed by atoms with Crippen molar-refractivity contribution in [3.05, 3.63) is 47.5 Å². The van der Waals surface area contributed by atoms with E-state index in [0.717, 1.165) is 12.0 Å². The van der Waals surface area contributed by atoms with E-state index in [0.29, 0.717) is 5.75 Å². The first-order chi connectivity index (χ1) is 12.5. The van der Waals surface area contributed by atoms with E-state index in [1.165, 1.54) is 26.4 Å². The molecule has 0 aromatic heterocycles. The van der Waals surface area contributed by atoms with Gasteiger partial charge >= 0.3 is 5.97 Å². The smallest absolute Gasteiger partial charge is 0.343 e. The van der Waals surface area contributed by atoms with Crippen LogP contribution in [0.3, 0.4) is 0 Å². The van der Waals surface area contributed by atoms with Gasteiger partial charge in [0.1, 0.15) is 5.75 Å². The highest BCUT2D eigenvalue weighted by Crippen LogP contribution is 2.38. The van der Waals surface area contributed by atoms with Gasteiger partial charge in [0.05, 0.1) is 19.8 Å². The molecule has 0 radical (unpaired) electrons. The maximum atomic E-state index is 12.4. The molecule has 0 aliphatic carbocycles. The Labute approximate surface area is 151 Å². The molecule has 0 fully saturated rings. The van der Waals surface area contributed by atoms with Gasteiger partial charge in [-0.2, -0.15) is 0 Å². The molecule has 2 rings (SSSR count).